The van der Waals surface area contributed by atoms with Crippen LogP contribution in [0.5, 0.6) is 0 Å². The summed E-state index contributed by atoms with van der Waals surface area (Å²) in [6.45, 7) is 0. The summed E-state index contributed by atoms with van der Waals surface area (Å²) in [5.41, 5.74) is 0. The molecule has 0 unspecified atom stereocenters. The van der Waals surface area contributed by atoms with E-state index in [-0.39, 0.29) is 6.10 Å². The van der Waals surface area contributed by atoms with E-state index in [1.54, 1.807) is 12.2 Å². The van der Waals surface area contributed by atoms with Gasteiger partial charge in [-0.1, -0.05) is 6.08 Å². The number of carbonyl (C=O) groups excluding carboxylic acids is 1. The fourth-order valence-electron chi connectivity index (χ4n) is 1.52. The molecule has 0 saturated carbocycles. The zero-order valence-corrected chi connectivity index (χ0v) is 6.91. The van der Waals surface area contributed by atoms with Gasteiger partial charge in [0.05, 0.1) is 12.0 Å². The minimum atomic E-state index is -1.22. The number of fused-ring (bicyclic) bond motifs is 2. The first-order chi connectivity index (χ1) is 5.66. The van der Waals surface area contributed by atoms with Gasteiger partial charge in [0, 0.05) is 6.42 Å². The number of carbonyl (C=O) groups is 1. The SMILES string of the molecule is N#C[C@@H]1C[C@H]2C=C[C@]1(Cl)C(=O)O2. The minimum Gasteiger partial charge on any atom is -0.457 e. The number of nitriles is 1. The van der Waals surface area contributed by atoms with E-state index >= 15 is 0 Å². The van der Waals surface area contributed by atoms with Crippen LogP contribution in [-0.2, 0) is 9.53 Å². The van der Waals surface area contributed by atoms with Crippen molar-refractivity contribution < 1.29 is 9.53 Å². The van der Waals surface area contributed by atoms with E-state index < -0.39 is 16.8 Å². The maximum absolute atomic E-state index is 11.2. The molecular weight excluding hydrogens is 178 g/mol. The second kappa shape index (κ2) is 2.24. The predicted molar refractivity (Wildman–Crippen MR) is 41.3 cm³/mol. The van der Waals surface area contributed by atoms with E-state index in [9.17, 15) is 4.79 Å². The summed E-state index contributed by atoms with van der Waals surface area (Å²) in [5, 5.41) is 8.72. The molecule has 1 fully saturated rings. The lowest BCUT2D eigenvalue weighted by Crippen LogP contribution is -2.50. The van der Waals surface area contributed by atoms with Crippen LogP contribution in [0.2, 0.25) is 0 Å². The number of hydrogen-bond acceptors (Lipinski definition) is 3. The van der Waals surface area contributed by atoms with Gasteiger partial charge in [-0.3, -0.25) is 0 Å². The Morgan fingerprint density at radius 3 is 3.08 bits per heavy atom. The summed E-state index contributed by atoms with van der Waals surface area (Å²) in [6, 6.07) is 2.02. The fraction of sp³-hybridized carbons (Fsp3) is 0.500. The zero-order valence-electron chi connectivity index (χ0n) is 6.16. The molecule has 1 saturated heterocycles. The van der Waals surface area contributed by atoms with E-state index in [4.69, 9.17) is 21.6 Å². The number of ether oxygens (including phenoxy) is 1. The lowest BCUT2D eigenvalue weighted by molar-refractivity contribution is -0.157. The first kappa shape index (κ1) is 7.63. The van der Waals surface area contributed by atoms with E-state index in [0.29, 0.717) is 6.42 Å². The predicted octanol–water partition coefficient (Wildman–Crippen LogP) is 0.989. The van der Waals surface area contributed by atoms with Crippen molar-refractivity contribution in [3.63, 3.8) is 0 Å². The molecule has 0 aromatic heterocycles. The maximum Gasteiger partial charge on any atom is 0.333 e. The summed E-state index contributed by atoms with van der Waals surface area (Å²) in [4.78, 5) is 9.97. The van der Waals surface area contributed by atoms with Crippen LogP contribution in [-0.4, -0.2) is 16.9 Å². The van der Waals surface area contributed by atoms with Gasteiger partial charge in [0.1, 0.15) is 6.10 Å². The van der Waals surface area contributed by atoms with E-state index in [1.165, 1.54) is 0 Å². The molecule has 3 aliphatic rings. The molecule has 2 aliphatic heterocycles. The number of halogens is 1. The topological polar surface area (TPSA) is 50.1 Å². The van der Waals surface area contributed by atoms with Gasteiger partial charge < -0.3 is 4.74 Å². The van der Waals surface area contributed by atoms with Gasteiger partial charge in [-0.05, 0) is 6.08 Å². The Labute approximate surface area is 74.6 Å². The van der Waals surface area contributed by atoms with Crippen molar-refractivity contribution in [1.29, 1.82) is 5.26 Å². The molecule has 2 heterocycles. The fourth-order valence-corrected chi connectivity index (χ4v) is 1.77. The lowest BCUT2D eigenvalue weighted by Gasteiger charge is -2.38. The summed E-state index contributed by atoms with van der Waals surface area (Å²) >= 11 is 5.93. The van der Waals surface area contributed by atoms with Gasteiger partial charge in [0.2, 0.25) is 0 Å². The standard InChI is InChI=1S/C8H6ClNO2/c9-8-2-1-6(12-7(8)11)3-5(8)4-10/h1-2,5-6H,3H2/t5-,6+,8+/m0/s1. The van der Waals surface area contributed by atoms with Gasteiger partial charge in [-0.15, -0.1) is 11.6 Å². The van der Waals surface area contributed by atoms with Crippen LogP contribution in [0.1, 0.15) is 6.42 Å². The first-order valence-corrected chi connectivity index (χ1v) is 4.03. The van der Waals surface area contributed by atoms with E-state index in [2.05, 4.69) is 0 Å². The quantitative estimate of drug-likeness (QED) is 0.320. The monoisotopic (exact) mass is 183 g/mol. The number of nitrogens with zero attached hydrogens (tertiary/aromatic N) is 1. The van der Waals surface area contributed by atoms with Gasteiger partial charge in [0.25, 0.3) is 0 Å². The maximum atomic E-state index is 11.2. The van der Waals surface area contributed by atoms with Crippen LogP contribution < -0.4 is 0 Å². The number of rotatable bonds is 0. The van der Waals surface area contributed by atoms with Crippen molar-refractivity contribution in [3.05, 3.63) is 12.2 Å². The molecule has 0 aromatic carbocycles. The molecule has 0 N–H and O–H groups in total. The third-order valence-corrected chi connectivity index (χ3v) is 2.80. The van der Waals surface area contributed by atoms with Crippen LogP contribution in [0, 0.1) is 17.2 Å². The van der Waals surface area contributed by atoms with Crippen molar-refractivity contribution in [2.75, 3.05) is 0 Å². The molecular formula is C8H6ClNO2. The zero-order chi connectivity index (χ0) is 8.77. The Hall–Kier alpha value is -1.01. The van der Waals surface area contributed by atoms with Crippen LogP contribution in [0.25, 0.3) is 0 Å². The van der Waals surface area contributed by atoms with Crippen molar-refractivity contribution >= 4 is 17.6 Å². The number of alkyl halides is 1. The summed E-state index contributed by atoms with van der Waals surface area (Å²) < 4.78 is 4.91. The Morgan fingerprint density at radius 2 is 2.58 bits per heavy atom. The summed E-state index contributed by atoms with van der Waals surface area (Å²) in [7, 11) is 0. The molecule has 0 aromatic rings. The molecule has 2 bridgehead atoms. The molecule has 4 heteroatoms. The number of esters is 1. The molecule has 1 aliphatic carbocycles. The highest BCUT2D eigenvalue weighted by atomic mass is 35.5. The van der Waals surface area contributed by atoms with Crippen molar-refractivity contribution in [1.82, 2.24) is 0 Å². The van der Waals surface area contributed by atoms with Gasteiger partial charge in [-0.2, -0.15) is 5.26 Å². The Kier molecular flexibility index (Phi) is 1.42. The largest absolute Gasteiger partial charge is 0.457 e. The summed E-state index contributed by atoms with van der Waals surface area (Å²) in [6.07, 6.45) is 3.58. The van der Waals surface area contributed by atoms with Crippen molar-refractivity contribution in [3.8, 4) is 6.07 Å². The third-order valence-electron chi connectivity index (χ3n) is 2.26. The second-order valence-corrected chi connectivity index (χ2v) is 3.61. The highest BCUT2D eigenvalue weighted by molar-refractivity contribution is 6.36. The molecule has 62 valence electrons. The minimum absolute atomic E-state index is 0.247. The second-order valence-electron chi connectivity index (χ2n) is 2.99. The van der Waals surface area contributed by atoms with Crippen LogP contribution in [0.15, 0.2) is 12.2 Å². The molecule has 3 nitrogen and oxygen atoms in total. The molecule has 0 radical (unpaired) electrons. The molecule has 0 amide bonds. The molecule has 3 rings (SSSR count). The van der Waals surface area contributed by atoms with Crippen LogP contribution in [0.3, 0.4) is 0 Å². The molecule has 12 heavy (non-hydrogen) atoms. The van der Waals surface area contributed by atoms with Crippen LogP contribution >= 0.6 is 11.6 Å². The Balaban J connectivity index is 2.45. The highest BCUT2D eigenvalue weighted by Crippen LogP contribution is 2.41. The van der Waals surface area contributed by atoms with Gasteiger partial charge in [0.15, 0.2) is 4.87 Å². The lowest BCUT2D eigenvalue weighted by atomic mass is 9.80. The average Bonchev–Trinajstić information content (AvgIpc) is 2.07. The van der Waals surface area contributed by atoms with Crippen LogP contribution in [0.4, 0.5) is 0 Å². The summed E-state index contributed by atoms with van der Waals surface area (Å²) in [5.74, 6) is -0.940. The third kappa shape index (κ3) is 0.788. The molecule has 3 atom stereocenters. The first-order valence-electron chi connectivity index (χ1n) is 3.66. The van der Waals surface area contributed by atoms with Crippen molar-refractivity contribution in [2.24, 2.45) is 5.92 Å². The molecule has 0 spiro atoms. The Bertz CT molecular complexity index is 307. The van der Waals surface area contributed by atoms with Crippen molar-refractivity contribution in [2.45, 2.75) is 17.4 Å². The van der Waals surface area contributed by atoms with Gasteiger partial charge in [-0.25, -0.2) is 4.79 Å². The Morgan fingerprint density at radius 1 is 1.83 bits per heavy atom. The number of hydrogen-bond donors (Lipinski definition) is 0. The smallest absolute Gasteiger partial charge is 0.333 e. The highest BCUT2D eigenvalue weighted by Gasteiger charge is 2.52. The van der Waals surface area contributed by atoms with E-state index in [1.807, 2.05) is 6.07 Å². The van der Waals surface area contributed by atoms with E-state index in [0.717, 1.165) is 0 Å². The van der Waals surface area contributed by atoms with Gasteiger partial charge >= 0.3 is 5.97 Å². The average molecular weight is 184 g/mol. The normalized spacial score (nSPS) is 43.8.